The molecule has 5 amide bonds. The van der Waals surface area contributed by atoms with Crippen molar-refractivity contribution in [3.8, 4) is 0 Å². The van der Waals surface area contributed by atoms with Gasteiger partial charge in [0.2, 0.25) is 23.6 Å². The summed E-state index contributed by atoms with van der Waals surface area (Å²) in [5.41, 5.74) is -0.747. The molecule has 0 bridgehead atoms. The maximum Gasteiger partial charge on any atom is 0.408 e. The first-order chi connectivity index (χ1) is 30.7. The van der Waals surface area contributed by atoms with Crippen LogP contribution >= 0.6 is 0 Å². The molecule has 1 aliphatic rings. The fourth-order valence-corrected chi connectivity index (χ4v) is 7.71. The van der Waals surface area contributed by atoms with Gasteiger partial charge in [-0.1, -0.05) is 148 Å². The molecule has 0 aromatic carbocycles. The van der Waals surface area contributed by atoms with E-state index in [4.69, 9.17) is 9.47 Å². The number of rotatable bonds is 37. The number of carbonyl (C=O) groups excluding carboxylic acids is 5. The third-order valence-corrected chi connectivity index (χ3v) is 11.4. The zero-order chi connectivity index (χ0) is 47.4. The standard InChI is InChI=1S/C49H91N5O10/c1-6-8-10-12-14-16-18-20-21-22-23-25-27-29-31-33-43(59)54(34-32-30-28-26-24-19-17-15-13-11-9-7-2)47-44(46(61)45(60)39(38-55)63-47)53-42(58)37-51-40(56)35-50-41(57)36-52-48(62)64-49(3,4)5/h20-21,39,44-47,55,60-61H,6-19,22-38H2,1-5H3,(H,50,57)(H,51,56)(H,52,62)(H,53,58)/b21-20-/t39-,44-,45-,46-,47-/m1/s1. The minimum atomic E-state index is -1.59. The van der Waals surface area contributed by atoms with Crippen molar-refractivity contribution in [3.63, 3.8) is 0 Å². The number of aliphatic hydroxyl groups excluding tert-OH is 3. The Balaban J connectivity index is 2.82. The molecule has 1 fully saturated rings. The van der Waals surface area contributed by atoms with Crippen LogP contribution in [0, 0.1) is 0 Å². The Morgan fingerprint density at radius 3 is 1.52 bits per heavy atom. The molecular weight excluding hydrogens is 819 g/mol. The number of carbonyl (C=O) groups is 5. The van der Waals surface area contributed by atoms with Gasteiger partial charge in [-0.25, -0.2) is 4.79 Å². The van der Waals surface area contributed by atoms with Crippen molar-refractivity contribution >= 4 is 29.7 Å². The molecule has 0 unspecified atom stereocenters. The lowest BCUT2D eigenvalue weighted by Gasteiger charge is -2.47. The minimum Gasteiger partial charge on any atom is -0.444 e. The normalized spacial score (nSPS) is 18.7. The van der Waals surface area contributed by atoms with E-state index < -0.39 is 86.2 Å². The first-order valence-electron chi connectivity index (χ1n) is 25.1. The van der Waals surface area contributed by atoms with Crippen LogP contribution in [0.2, 0.25) is 0 Å². The Morgan fingerprint density at radius 1 is 0.594 bits per heavy atom. The van der Waals surface area contributed by atoms with Crippen molar-refractivity contribution in [1.82, 2.24) is 26.2 Å². The molecule has 372 valence electrons. The number of alkyl carbamates (subject to hydrolysis) is 1. The fourth-order valence-electron chi connectivity index (χ4n) is 7.71. The van der Waals surface area contributed by atoms with E-state index >= 15 is 0 Å². The Hall–Kier alpha value is -3.27. The third kappa shape index (κ3) is 29.3. The van der Waals surface area contributed by atoms with Crippen molar-refractivity contribution in [2.75, 3.05) is 32.8 Å². The molecule has 0 saturated carbocycles. The number of ether oxygens (including phenoxy) is 2. The predicted molar refractivity (Wildman–Crippen MR) is 252 cm³/mol. The van der Waals surface area contributed by atoms with Gasteiger partial charge in [-0.15, -0.1) is 0 Å². The Bertz CT molecular complexity index is 1290. The summed E-state index contributed by atoms with van der Waals surface area (Å²) in [7, 11) is 0. The number of amides is 5. The van der Waals surface area contributed by atoms with Gasteiger partial charge in [0.15, 0.2) is 6.23 Å². The maximum absolute atomic E-state index is 14.0. The average molecular weight is 910 g/mol. The van der Waals surface area contributed by atoms with Gasteiger partial charge in [0.25, 0.3) is 0 Å². The SMILES string of the molecule is CCCCCCCC/C=C\CCCCCCCC(=O)N(CCCCCCCCCCCCCC)[C@@H]1O[C@H](CO)[C@@H](O)[C@H](O)[C@H]1NC(=O)CNC(=O)CNC(=O)CNC(=O)OC(C)(C)C. The van der Waals surface area contributed by atoms with Crippen molar-refractivity contribution in [2.45, 2.75) is 238 Å². The van der Waals surface area contributed by atoms with Crippen molar-refractivity contribution in [1.29, 1.82) is 0 Å². The van der Waals surface area contributed by atoms with Gasteiger partial charge in [0, 0.05) is 13.0 Å². The van der Waals surface area contributed by atoms with E-state index in [1.54, 1.807) is 20.8 Å². The van der Waals surface area contributed by atoms with Gasteiger partial charge in [-0.3, -0.25) is 19.2 Å². The van der Waals surface area contributed by atoms with Crippen molar-refractivity contribution in [3.05, 3.63) is 12.2 Å². The number of nitrogens with zero attached hydrogens (tertiary/aromatic N) is 1. The van der Waals surface area contributed by atoms with Gasteiger partial charge in [0.05, 0.1) is 19.7 Å². The molecule has 1 aliphatic heterocycles. The smallest absolute Gasteiger partial charge is 0.408 e. The molecule has 1 saturated heterocycles. The van der Waals surface area contributed by atoms with Gasteiger partial charge in [-0.05, 0) is 59.3 Å². The van der Waals surface area contributed by atoms with E-state index in [1.165, 1.54) is 94.8 Å². The van der Waals surface area contributed by atoms with Crippen LogP contribution in [-0.4, -0.2) is 119 Å². The monoisotopic (exact) mass is 910 g/mol. The molecule has 5 atom stereocenters. The Labute approximate surface area is 386 Å². The number of unbranched alkanes of at least 4 members (excludes halogenated alkanes) is 22. The van der Waals surface area contributed by atoms with Crippen LogP contribution in [0.3, 0.4) is 0 Å². The third-order valence-electron chi connectivity index (χ3n) is 11.4. The molecule has 7 N–H and O–H groups in total. The molecule has 15 heteroatoms. The molecule has 0 aromatic heterocycles. The van der Waals surface area contributed by atoms with Crippen LogP contribution in [0.25, 0.3) is 0 Å². The summed E-state index contributed by atoms with van der Waals surface area (Å²) >= 11 is 0. The van der Waals surface area contributed by atoms with Gasteiger partial charge in [0.1, 0.15) is 36.5 Å². The van der Waals surface area contributed by atoms with Gasteiger partial charge >= 0.3 is 6.09 Å². The van der Waals surface area contributed by atoms with Crippen LogP contribution in [0.4, 0.5) is 4.79 Å². The van der Waals surface area contributed by atoms with E-state index in [-0.39, 0.29) is 12.3 Å². The van der Waals surface area contributed by atoms with E-state index in [1.807, 2.05) is 0 Å². The van der Waals surface area contributed by atoms with Crippen LogP contribution in [0.5, 0.6) is 0 Å². The number of aliphatic hydroxyl groups is 3. The lowest BCUT2D eigenvalue weighted by atomic mass is 9.94. The number of allylic oxidation sites excluding steroid dienone is 2. The fraction of sp³-hybridized carbons (Fsp3) is 0.857. The largest absolute Gasteiger partial charge is 0.444 e. The Kier molecular flexibility index (Phi) is 33.9. The molecular formula is C49H91N5O10. The quantitative estimate of drug-likeness (QED) is 0.0245. The topological polar surface area (TPSA) is 216 Å². The summed E-state index contributed by atoms with van der Waals surface area (Å²) in [5, 5.41) is 41.9. The molecule has 0 aromatic rings. The molecule has 15 nitrogen and oxygen atoms in total. The van der Waals surface area contributed by atoms with Crippen molar-refractivity contribution in [2.24, 2.45) is 0 Å². The molecule has 64 heavy (non-hydrogen) atoms. The highest BCUT2D eigenvalue weighted by atomic mass is 16.6. The summed E-state index contributed by atoms with van der Waals surface area (Å²) in [6.45, 7) is 7.76. The first kappa shape index (κ1) is 58.7. The summed E-state index contributed by atoms with van der Waals surface area (Å²) < 4.78 is 11.2. The zero-order valence-electron chi connectivity index (χ0n) is 40.6. The lowest BCUT2D eigenvalue weighted by Crippen LogP contribution is -2.69. The van der Waals surface area contributed by atoms with Gasteiger partial charge < -0.3 is 51.0 Å². The molecule has 0 spiro atoms. The van der Waals surface area contributed by atoms with E-state index in [0.717, 1.165) is 57.8 Å². The van der Waals surface area contributed by atoms with Crippen LogP contribution in [0.1, 0.15) is 202 Å². The second-order valence-corrected chi connectivity index (χ2v) is 18.5. The highest BCUT2D eigenvalue weighted by molar-refractivity contribution is 5.89. The highest BCUT2D eigenvalue weighted by Gasteiger charge is 2.48. The van der Waals surface area contributed by atoms with Crippen LogP contribution in [-0.2, 0) is 28.7 Å². The van der Waals surface area contributed by atoms with E-state index in [2.05, 4.69) is 47.3 Å². The number of hydrogen-bond acceptors (Lipinski definition) is 10. The summed E-state index contributed by atoms with van der Waals surface area (Å²) in [6.07, 6.45) is 27.0. The molecule has 1 heterocycles. The van der Waals surface area contributed by atoms with Gasteiger partial charge in [-0.2, -0.15) is 0 Å². The lowest BCUT2D eigenvalue weighted by molar-refractivity contribution is -0.231. The summed E-state index contributed by atoms with van der Waals surface area (Å²) in [5.74, 6) is -2.27. The predicted octanol–water partition coefficient (Wildman–Crippen LogP) is 7.23. The van der Waals surface area contributed by atoms with Crippen LogP contribution in [0.15, 0.2) is 12.2 Å². The van der Waals surface area contributed by atoms with Crippen molar-refractivity contribution < 1.29 is 48.8 Å². The molecule has 1 rings (SSSR count). The highest BCUT2D eigenvalue weighted by Crippen LogP contribution is 2.26. The maximum atomic E-state index is 14.0. The van der Waals surface area contributed by atoms with Crippen LogP contribution < -0.4 is 21.3 Å². The second kappa shape index (κ2) is 36.9. The first-order valence-corrected chi connectivity index (χ1v) is 25.1. The summed E-state index contributed by atoms with van der Waals surface area (Å²) in [6, 6.07) is -1.27. The summed E-state index contributed by atoms with van der Waals surface area (Å²) in [4.78, 5) is 65.2. The number of nitrogens with one attached hydrogen (secondary N) is 4. The number of hydrogen-bond donors (Lipinski definition) is 7. The van der Waals surface area contributed by atoms with E-state index in [0.29, 0.717) is 19.4 Å². The second-order valence-electron chi connectivity index (χ2n) is 18.5. The van der Waals surface area contributed by atoms with E-state index in [9.17, 15) is 39.3 Å². The average Bonchev–Trinajstić information content (AvgIpc) is 3.25. The minimum absolute atomic E-state index is 0.199. The zero-order valence-corrected chi connectivity index (χ0v) is 40.6. The molecule has 0 radical (unpaired) electrons. The Morgan fingerprint density at radius 2 is 1.03 bits per heavy atom. The molecule has 0 aliphatic carbocycles.